The zero-order valence-corrected chi connectivity index (χ0v) is 16.6. The molecule has 0 unspecified atom stereocenters. The number of benzene rings is 2. The molecule has 2 saturated carbocycles. The van der Waals surface area contributed by atoms with Gasteiger partial charge in [-0.2, -0.15) is 0 Å². The topological polar surface area (TPSA) is 63.7 Å². The van der Waals surface area contributed by atoms with E-state index < -0.39 is 5.97 Å². The van der Waals surface area contributed by atoms with Gasteiger partial charge in [-0.15, -0.1) is 0 Å². The Labute approximate surface area is 169 Å². The second kappa shape index (κ2) is 6.55. The third-order valence-electron chi connectivity index (χ3n) is 6.69. The van der Waals surface area contributed by atoms with Crippen LogP contribution >= 0.6 is 0 Å². The fraction of sp³-hybridized carbons (Fsp3) is 0.375. The van der Waals surface area contributed by atoms with E-state index in [4.69, 9.17) is 4.74 Å². The van der Waals surface area contributed by atoms with Gasteiger partial charge in [-0.3, -0.25) is 14.5 Å². The van der Waals surface area contributed by atoms with E-state index in [1.807, 2.05) is 32.0 Å². The SMILES string of the molecule is Cc1cc(C)cc(OC(=O)c2ccc(N3C(=O)[C@H]4[C@H]5CC[C@@H](C5)[C@@H]4C3=O)cc2)c1. The molecule has 29 heavy (non-hydrogen) atoms. The number of hydrogen-bond donors (Lipinski definition) is 0. The van der Waals surface area contributed by atoms with Crippen molar-refractivity contribution < 1.29 is 19.1 Å². The smallest absolute Gasteiger partial charge is 0.343 e. The van der Waals surface area contributed by atoms with Gasteiger partial charge in [-0.1, -0.05) is 6.07 Å². The van der Waals surface area contributed by atoms with Crippen LogP contribution in [-0.2, 0) is 9.59 Å². The van der Waals surface area contributed by atoms with Gasteiger partial charge in [0.05, 0.1) is 23.1 Å². The highest BCUT2D eigenvalue weighted by Crippen LogP contribution is 2.56. The summed E-state index contributed by atoms with van der Waals surface area (Å²) >= 11 is 0. The molecular weight excluding hydrogens is 366 g/mol. The molecule has 5 rings (SSSR count). The molecule has 2 aromatic carbocycles. The summed E-state index contributed by atoms with van der Waals surface area (Å²) in [6, 6.07) is 12.2. The van der Waals surface area contributed by atoms with Gasteiger partial charge in [0, 0.05) is 0 Å². The maximum absolute atomic E-state index is 12.9. The molecule has 2 bridgehead atoms. The van der Waals surface area contributed by atoms with E-state index in [1.54, 1.807) is 24.3 Å². The predicted molar refractivity (Wildman–Crippen MR) is 108 cm³/mol. The number of esters is 1. The van der Waals surface area contributed by atoms with Crippen molar-refractivity contribution in [2.45, 2.75) is 33.1 Å². The van der Waals surface area contributed by atoms with Gasteiger partial charge in [-0.25, -0.2) is 4.79 Å². The van der Waals surface area contributed by atoms with Crippen molar-refractivity contribution in [3.05, 3.63) is 59.2 Å². The van der Waals surface area contributed by atoms with E-state index in [-0.39, 0.29) is 23.7 Å². The fourth-order valence-electron chi connectivity index (χ4n) is 5.57. The van der Waals surface area contributed by atoms with Crippen molar-refractivity contribution in [2.24, 2.45) is 23.7 Å². The van der Waals surface area contributed by atoms with Gasteiger partial charge in [0.25, 0.3) is 0 Å². The summed E-state index contributed by atoms with van der Waals surface area (Å²) in [6.45, 7) is 3.90. The Hall–Kier alpha value is -2.95. The minimum Gasteiger partial charge on any atom is -0.423 e. The molecular formula is C24H23NO4. The molecule has 1 saturated heterocycles. The zero-order valence-electron chi connectivity index (χ0n) is 16.6. The summed E-state index contributed by atoms with van der Waals surface area (Å²) in [6.07, 6.45) is 3.13. The summed E-state index contributed by atoms with van der Waals surface area (Å²) < 4.78 is 5.48. The highest BCUT2D eigenvalue weighted by atomic mass is 16.5. The quantitative estimate of drug-likeness (QED) is 0.451. The van der Waals surface area contributed by atoms with Crippen molar-refractivity contribution in [3.63, 3.8) is 0 Å². The molecule has 5 heteroatoms. The Bertz CT molecular complexity index is 977. The average molecular weight is 389 g/mol. The molecule has 0 spiro atoms. The lowest BCUT2D eigenvalue weighted by Gasteiger charge is -2.19. The zero-order chi connectivity index (χ0) is 20.3. The van der Waals surface area contributed by atoms with Crippen LogP contribution in [0.25, 0.3) is 0 Å². The third-order valence-corrected chi connectivity index (χ3v) is 6.69. The van der Waals surface area contributed by atoms with Gasteiger partial charge in [0.15, 0.2) is 0 Å². The minimum absolute atomic E-state index is 0.0715. The third kappa shape index (κ3) is 2.87. The van der Waals surface area contributed by atoms with Crippen molar-refractivity contribution in [3.8, 4) is 5.75 Å². The first kappa shape index (κ1) is 18.1. The Morgan fingerprint density at radius 2 is 1.45 bits per heavy atom. The number of hydrogen-bond acceptors (Lipinski definition) is 4. The molecule has 2 amide bonds. The van der Waals surface area contributed by atoms with E-state index in [9.17, 15) is 14.4 Å². The number of aryl methyl sites for hydroxylation is 2. The number of fused-ring (bicyclic) bond motifs is 5. The lowest BCUT2D eigenvalue weighted by molar-refractivity contribution is -0.123. The number of carbonyl (C=O) groups is 3. The van der Waals surface area contributed by atoms with Gasteiger partial charge in [0.1, 0.15) is 5.75 Å². The Balaban J connectivity index is 1.34. The Morgan fingerprint density at radius 1 is 0.897 bits per heavy atom. The number of imide groups is 1. The molecule has 4 atom stereocenters. The maximum atomic E-state index is 12.9. The number of amides is 2. The highest BCUT2D eigenvalue weighted by molar-refractivity contribution is 6.22. The normalized spacial score (nSPS) is 27.4. The summed E-state index contributed by atoms with van der Waals surface area (Å²) in [4.78, 5) is 39.7. The van der Waals surface area contributed by atoms with Crippen LogP contribution in [0.1, 0.15) is 40.7 Å². The second-order valence-corrected chi connectivity index (χ2v) is 8.66. The van der Waals surface area contributed by atoms with Gasteiger partial charge in [-0.05, 0) is 92.5 Å². The van der Waals surface area contributed by atoms with Crippen molar-refractivity contribution in [1.29, 1.82) is 0 Å². The summed E-state index contributed by atoms with van der Waals surface area (Å²) in [5, 5.41) is 0. The molecule has 1 heterocycles. The van der Waals surface area contributed by atoms with Crippen molar-refractivity contribution in [2.75, 3.05) is 4.90 Å². The first-order valence-electron chi connectivity index (χ1n) is 10.2. The minimum atomic E-state index is -0.462. The van der Waals surface area contributed by atoms with E-state index in [0.717, 1.165) is 30.4 Å². The van der Waals surface area contributed by atoms with Crippen LogP contribution in [-0.4, -0.2) is 17.8 Å². The van der Waals surface area contributed by atoms with Crippen LogP contribution in [0.4, 0.5) is 5.69 Å². The van der Waals surface area contributed by atoms with E-state index in [1.165, 1.54) is 4.90 Å². The van der Waals surface area contributed by atoms with Crippen LogP contribution in [0.15, 0.2) is 42.5 Å². The van der Waals surface area contributed by atoms with E-state index in [0.29, 0.717) is 28.8 Å². The number of carbonyl (C=O) groups excluding carboxylic acids is 3. The average Bonchev–Trinajstić information content (AvgIpc) is 3.35. The molecule has 1 aliphatic heterocycles. The molecule has 0 radical (unpaired) electrons. The first-order valence-corrected chi connectivity index (χ1v) is 10.2. The summed E-state index contributed by atoms with van der Waals surface area (Å²) in [5.74, 6) is 0.332. The lowest BCUT2D eigenvalue weighted by atomic mass is 9.81. The van der Waals surface area contributed by atoms with Crippen LogP contribution in [0.5, 0.6) is 5.75 Å². The van der Waals surface area contributed by atoms with E-state index in [2.05, 4.69) is 0 Å². The van der Waals surface area contributed by atoms with Crippen molar-refractivity contribution in [1.82, 2.24) is 0 Å². The lowest BCUT2D eigenvalue weighted by Crippen LogP contribution is -2.32. The number of rotatable bonds is 3. The second-order valence-electron chi connectivity index (χ2n) is 8.66. The predicted octanol–water partition coefficient (Wildman–Crippen LogP) is 4.06. The molecule has 0 aromatic heterocycles. The number of anilines is 1. The maximum Gasteiger partial charge on any atom is 0.343 e. The van der Waals surface area contributed by atoms with Gasteiger partial charge in [0.2, 0.25) is 11.8 Å². The largest absolute Gasteiger partial charge is 0.423 e. The molecule has 2 aromatic rings. The molecule has 148 valence electrons. The standard InChI is InChI=1S/C24H23NO4/c1-13-9-14(2)11-19(10-13)29-24(28)15-5-7-18(8-6-15)25-22(26)20-16-3-4-17(12-16)21(20)23(25)27/h5-11,16-17,20-21H,3-4,12H2,1-2H3/t16-,17-,20-,21-/m0/s1. The number of ether oxygens (including phenoxy) is 1. The number of nitrogens with zero attached hydrogens (tertiary/aromatic N) is 1. The summed E-state index contributed by atoms with van der Waals surface area (Å²) in [7, 11) is 0. The molecule has 3 aliphatic rings. The Morgan fingerprint density at radius 3 is 2.00 bits per heavy atom. The molecule has 0 N–H and O–H groups in total. The Kier molecular flexibility index (Phi) is 4.09. The monoisotopic (exact) mass is 389 g/mol. The van der Waals surface area contributed by atoms with Gasteiger partial charge >= 0.3 is 5.97 Å². The highest BCUT2D eigenvalue weighted by Gasteiger charge is 2.61. The molecule has 2 aliphatic carbocycles. The summed E-state index contributed by atoms with van der Waals surface area (Å²) in [5.41, 5.74) is 2.96. The molecule has 3 fully saturated rings. The van der Waals surface area contributed by atoms with Gasteiger partial charge < -0.3 is 4.74 Å². The van der Waals surface area contributed by atoms with Crippen LogP contribution in [0.2, 0.25) is 0 Å². The van der Waals surface area contributed by atoms with Crippen molar-refractivity contribution >= 4 is 23.5 Å². The van der Waals surface area contributed by atoms with Crippen LogP contribution in [0, 0.1) is 37.5 Å². The van der Waals surface area contributed by atoms with Crippen LogP contribution < -0.4 is 9.64 Å². The molecule has 5 nitrogen and oxygen atoms in total. The van der Waals surface area contributed by atoms with E-state index >= 15 is 0 Å². The van der Waals surface area contributed by atoms with Crippen LogP contribution in [0.3, 0.4) is 0 Å². The first-order chi connectivity index (χ1) is 13.9. The fourth-order valence-corrected chi connectivity index (χ4v) is 5.57.